The van der Waals surface area contributed by atoms with E-state index in [-0.39, 0.29) is 5.91 Å². The lowest BCUT2D eigenvalue weighted by atomic mass is 10.0. The summed E-state index contributed by atoms with van der Waals surface area (Å²) in [5, 5.41) is 3.81. The SMILES string of the molecule is CC1CCCCN1CCCNC(=O)CN(C)c1nc(Cc2ccccc2)ns1. The van der Waals surface area contributed by atoms with E-state index in [2.05, 4.69) is 38.6 Å². The first-order valence-electron chi connectivity index (χ1n) is 10.2. The monoisotopic (exact) mass is 401 g/mol. The maximum Gasteiger partial charge on any atom is 0.239 e. The van der Waals surface area contributed by atoms with Gasteiger partial charge in [0, 0.05) is 44.1 Å². The molecule has 28 heavy (non-hydrogen) atoms. The quantitative estimate of drug-likeness (QED) is 0.655. The van der Waals surface area contributed by atoms with Gasteiger partial charge >= 0.3 is 0 Å². The van der Waals surface area contributed by atoms with E-state index >= 15 is 0 Å². The van der Waals surface area contributed by atoms with Crippen molar-refractivity contribution in [3.8, 4) is 0 Å². The highest BCUT2D eigenvalue weighted by atomic mass is 32.1. The van der Waals surface area contributed by atoms with Gasteiger partial charge in [-0.25, -0.2) is 4.98 Å². The zero-order chi connectivity index (χ0) is 19.8. The van der Waals surface area contributed by atoms with Gasteiger partial charge in [0.25, 0.3) is 0 Å². The predicted molar refractivity (Wildman–Crippen MR) is 115 cm³/mol. The maximum absolute atomic E-state index is 12.2. The highest BCUT2D eigenvalue weighted by Gasteiger charge is 2.17. The molecule has 1 aromatic carbocycles. The van der Waals surface area contributed by atoms with Crippen LogP contribution in [0.4, 0.5) is 5.13 Å². The summed E-state index contributed by atoms with van der Waals surface area (Å²) >= 11 is 1.34. The largest absolute Gasteiger partial charge is 0.355 e. The van der Waals surface area contributed by atoms with Crippen molar-refractivity contribution in [1.29, 1.82) is 0 Å². The second-order valence-corrected chi connectivity index (χ2v) is 8.33. The van der Waals surface area contributed by atoms with Crippen LogP contribution in [0.3, 0.4) is 0 Å². The average Bonchev–Trinajstić information content (AvgIpc) is 3.16. The number of benzene rings is 1. The van der Waals surface area contributed by atoms with Crippen LogP contribution in [-0.2, 0) is 11.2 Å². The summed E-state index contributed by atoms with van der Waals surface area (Å²) in [6.45, 7) is 5.60. The van der Waals surface area contributed by atoms with Crippen LogP contribution < -0.4 is 10.2 Å². The van der Waals surface area contributed by atoms with Crippen LogP contribution in [0.2, 0.25) is 0 Å². The number of likely N-dealkylation sites (tertiary alicyclic amines) is 1. The van der Waals surface area contributed by atoms with Crippen molar-refractivity contribution in [3.63, 3.8) is 0 Å². The summed E-state index contributed by atoms with van der Waals surface area (Å²) in [6, 6.07) is 10.9. The van der Waals surface area contributed by atoms with Crippen molar-refractivity contribution in [2.45, 2.75) is 45.1 Å². The molecule has 1 unspecified atom stereocenters. The topological polar surface area (TPSA) is 61.4 Å². The molecule has 3 rings (SSSR count). The molecule has 1 fully saturated rings. The molecular weight excluding hydrogens is 370 g/mol. The molecule has 6 nitrogen and oxygen atoms in total. The fourth-order valence-electron chi connectivity index (χ4n) is 3.59. The Morgan fingerprint density at radius 3 is 2.93 bits per heavy atom. The van der Waals surface area contributed by atoms with Crippen LogP contribution in [0.15, 0.2) is 30.3 Å². The molecule has 2 aromatic rings. The lowest BCUT2D eigenvalue weighted by molar-refractivity contribution is -0.119. The van der Waals surface area contributed by atoms with E-state index in [4.69, 9.17) is 0 Å². The van der Waals surface area contributed by atoms with Crippen molar-refractivity contribution in [2.24, 2.45) is 0 Å². The molecule has 1 saturated heterocycles. The van der Waals surface area contributed by atoms with E-state index in [1.54, 1.807) is 0 Å². The molecule has 1 aliphatic rings. The molecule has 1 atom stereocenters. The number of anilines is 1. The van der Waals surface area contributed by atoms with Gasteiger partial charge in [-0.1, -0.05) is 36.8 Å². The van der Waals surface area contributed by atoms with Gasteiger partial charge in [-0.2, -0.15) is 4.37 Å². The van der Waals surface area contributed by atoms with Gasteiger partial charge in [-0.15, -0.1) is 0 Å². The van der Waals surface area contributed by atoms with Crippen LogP contribution in [0.1, 0.15) is 44.0 Å². The third-order valence-corrected chi connectivity index (χ3v) is 6.12. The minimum atomic E-state index is 0.0361. The summed E-state index contributed by atoms with van der Waals surface area (Å²) in [5.74, 6) is 0.836. The summed E-state index contributed by atoms with van der Waals surface area (Å²) in [5.41, 5.74) is 1.19. The minimum Gasteiger partial charge on any atom is -0.355 e. The van der Waals surface area contributed by atoms with Gasteiger partial charge in [0.1, 0.15) is 5.82 Å². The Bertz CT molecular complexity index is 735. The molecule has 152 valence electrons. The second-order valence-electron chi connectivity index (χ2n) is 7.60. The van der Waals surface area contributed by atoms with E-state index in [0.29, 0.717) is 19.0 Å². The van der Waals surface area contributed by atoms with Gasteiger partial charge in [0.2, 0.25) is 11.0 Å². The van der Waals surface area contributed by atoms with E-state index in [1.165, 1.54) is 42.9 Å². The Balaban J connectivity index is 1.37. The van der Waals surface area contributed by atoms with Crippen LogP contribution in [-0.4, -0.2) is 59.4 Å². The zero-order valence-corrected chi connectivity index (χ0v) is 17.7. The first-order chi connectivity index (χ1) is 13.6. The number of aromatic nitrogens is 2. The number of amides is 1. The van der Waals surface area contributed by atoms with E-state index < -0.39 is 0 Å². The average molecular weight is 402 g/mol. The Kier molecular flexibility index (Phi) is 7.80. The van der Waals surface area contributed by atoms with Crippen molar-refractivity contribution in [3.05, 3.63) is 41.7 Å². The highest BCUT2D eigenvalue weighted by Crippen LogP contribution is 2.18. The van der Waals surface area contributed by atoms with Gasteiger partial charge in [0.05, 0.1) is 6.54 Å². The number of nitrogens with zero attached hydrogens (tertiary/aromatic N) is 4. The van der Waals surface area contributed by atoms with E-state index in [9.17, 15) is 4.79 Å². The number of piperidine rings is 1. The molecule has 0 spiro atoms. The maximum atomic E-state index is 12.2. The number of carbonyl (C=O) groups is 1. The first-order valence-corrected chi connectivity index (χ1v) is 11.0. The smallest absolute Gasteiger partial charge is 0.239 e. The van der Waals surface area contributed by atoms with Crippen LogP contribution >= 0.6 is 11.5 Å². The lowest BCUT2D eigenvalue weighted by Crippen LogP contribution is -2.40. The molecule has 0 radical (unpaired) electrons. The Hall–Kier alpha value is -1.99. The molecule has 2 heterocycles. The summed E-state index contributed by atoms with van der Waals surface area (Å²) in [7, 11) is 1.89. The summed E-state index contributed by atoms with van der Waals surface area (Å²) in [6.07, 6.45) is 5.66. The number of hydrogen-bond acceptors (Lipinski definition) is 6. The molecule has 1 aliphatic heterocycles. The summed E-state index contributed by atoms with van der Waals surface area (Å²) in [4.78, 5) is 21.2. The number of hydrogen-bond donors (Lipinski definition) is 1. The molecule has 1 aromatic heterocycles. The molecule has 0 aliphatic carbocycles. The van der Waals surface area contributed by atoms with Gasteiger partial charge in [-0.3, -0.25) is 4.79 Å². The van der Waals surface area contributed by atoms with Crippen molar-refractivity contribution in [1.82, 2.24) is 19.6 Å². The first kappa shape index (κ1) is 20.7. The van der Waals surface area contributed by atoms with Crippen molar-refractivity contribution < 1.29 is 4.79 Å². The van der Waals surface area contributed by atoms with Crippen LogP contribution in [0.25, 0.3) is 0 Å². The molecule has 0 bridgehead atoms. The third-order valence-electron chi connectivity index (χ3n) is 5.25. The number of likely N-dealkylation sites (N-methyl/N-ethyl adjacent to an activating group) is 1. The molecule has 7 heteroatoms. The molecule has 1 amide bonds. The fraction of sp³-hybridized carbons (Fsp3) is 0.571. The van der Waals surface area contributed by atoms with Crippen LogP contribution in [0.5, 0.6) is 0 Å². The third kappa shape index (κ3) is 6.27. The zero-order valence-electron chi connectivity index (χ0n) is 16.9. The van der Waals surface area contributed by atoms with Crippen molar-refractivity contribution in [2.75, 3.05) is 38.1 Å². The van der Waals surface area contributed by atoms with E-state index in [1.807, 2.05) is 30.1 Å². The normalized spacial score (nSPS) is 17.4. The second kappa shape index (κ2) is 10.5. The standard InChI is InChI=1S/C21H31N5OS/c1-17-9-6-7-13-26(17)14-8-12-22-20(27)16-25(2)21-23-19(24-28-21)15-18-10-4-3-5-11-18/h3-5,10-11,17H,6-9,12-16H2,1-2H3,(H,22,27). The Morgan fingerprint density at radius 1 is 1.32 bits per heavy atom. The molecular formula is C21H31N5OS. The Labute approximate surface area is 172 Å². The fourth-order valence-corrected chi connectivity index (χ4v) is 4.23. The van der Waals surface area contributed by atoms with Crippen LogP contribution in [0, 0.1) is 0 Å². The van der Waals surface area contributed by atoms with Gasteiger partial charge in [0.15, 0.2) is 0 Å². The summed E-state index contributed by atoms with van der Waals surface area (Å²) < 4.78 is 4.43. The van der Waals surface area contributed by atoms with E-state index in [0.717, 1.165) is 30.5 Å². The predicted octanol–water partition coefficient (Wildman–Crippen LogP) is 2.95. The number of nitrogens with one attached hydrogen (secondary N) is 1. The minimum absolute atomic E-state index is 0.0361. The Morgan fingerprint density at radius 2 is 2.14 bits per heavy atom. The van der Waals surface area contributed by atoms with Gasteiger partial charge in [-0.05, 0) is 38.3 Å². The van der Waals surface area contributed by atoms with Gasteiger partial charge < -0.3 is 15.1 Å². The van der Waals surface area contributed by atoms with Crippen molar-refractivity contribution >= 4 is 22.6 Å². The molecule has 0 saturated carbocycles. The highest BCUT2D eigenvalue weighted by molar-refractivity contribution is 7.09. The lowest BCUT2D eigenvalue weighted by Gasteiger charge is -2.33. The number of rotatable bonds is 9. The molecule has 1 N–H and O–H groups in total. The number of carbonyl (C=O) groups excluding carboxylic acids is 1.